The number of hydrogen-bond acceptors (Lipinski definition) is 2. The van der Waals surface area contributed by atoms with Crippen molar-refractivity contribution >= 4 is 11.3 Å². The van der Waals surface area contributed by atoms with Crippen LogP contribution >= 0.6 is 0 Å². The summed E-state index contributed by atoms with van der Waals surface area (Å²) >= 11 is 0. The first-order chi connectivity index (χ1) is 8.77. The van der Waals surface area contributed by atoms with Gasteiger partial charge in [0, 0.05) is 11.8 Å². The molecule has 88 valence electrons. The Morgan fingerprint density at radius 3 is 2.67 bits per heavy atom. The third-order valence-electron chi connectivity index (χ3n) is 3.02. The lowest BCUT2D eigenvalue weighted by Gasteiger charge is -2.01. The molecule has 2 heterocycles. The van der Waals surface area contributed by atoms with Crippen LogP contribution in [-0.2, 0) is 0 Å². The van der Waals surface area contributed by atoms with Gasteiger partial charge in [-0.3, -0.25) is 4.79 Å². The van der Waals surface area contributed by atoms with Crippen LogP contribution in [0.1, 0.15) is 21.5 Å². The second-order valence-corrected chi connectivity index (χ2v) is 4.24. The molecule has 0 fully saturated rings. The molecule has 3 heteroatoms. The Morgan fingerprint density at radius 2 is 1.89 bits per heavy atom. The molecule has 1 aromatic carbocycles. The average molecular weight is 236 g/mol. The molecule has 0 N–H and O–H groups in total. The van der Waals surface area contributed by atoms with E-state index >= 15 is 0 Å². The van der Waals surface area contributed by atoms with Crippen LogP contribution < -0.4 is 0 Å². The van der Waals surface area contributed by atoms with Crippen LogP contribution in [0.25, 0.3) is 5.52 Å². The van der Waals surface area contributed by atoms with E-state index in [4.69, 9.17) is 0 Å². The molecular formula is C15H12N2O. The Morgan fingerprint density at radius 1 is 1.11 bits per heavy atom. The molecule has 2 aromatic heterocycles. The van der Waals surface area contributed by atoms with Crippen LogP contribution in [0.3, 0.4) is 0 Å². The lowest BCUT2D eigenvalue weighted by atomic mass is 10.0. The normalized spacial score (nSPS) is 10.7. The second kappa shape index (κ2) is 4.11. The summed E-state index contributed by atoms with van der Waals surface area (Å²) in [6.45, 7) is 1.98. The molecule has 0 unspecified atom stereocenters. The van der Waals surface area contributed by atoms with Crippen LogP contribution in [0.2, 0.25) is 0 Å². The number of hydrogen-bond donors (Lipinski definition) is 0. The molecule has 0 aliphatic carbocycles. The van der Waals surface area contributed by atoms with Gasteiger partial charge in [-0.2, -0.15) is 5.10 Å². The number of nitrogens with zero attached hydrogens (tertiary/aromatic N) is 2. The van der Waals surface area contributed by atoms with Crippen molar-refractivity contribution in [3.8, 4) is 0 Å². The largest absolute Gasteiger partial charge is 0.288 e. The highest BCUT2D eigenvalue weighted by molar-refractivity contribution is 6.13. The van der Waals surface area contributed by atoms with Crippen molar-refractivity contribution in [2.45, 2.75) is 6.92 Å². The summed E-state index contributed by atoms with van der Waals surface area (Å²) in [7, 11) is 0. The monoisotopic (exact) mass is 236 g/mol. The molecule has 0 amide bonds. The van der Waals surface area contributed by atoms with Crippen molar-refractivity contribution in [2.75, 3.05) is 0 Å². The molecule has 0 atom stereocenters. The van der Waals surface area contributed by atoms with Crippen molar-refractivity contribution in [3.05, 3.63) is 71.5 Å². The molecule has 0 saturated heterocycles. The van der Waals surface area contributed by atoms with Gasteiger partial charge < -0.3 is 0 Å². The van der Waals surface area contributed by atoms with Gasteiger partial charge in [-0.1, -0.05) is 36.4 Å². The molecule has 3 rings (SSSR count). The number of benzene rings is 1. The molecule has 0 spiro atoms. The number of aryl methyl sites for hydroxylation is 1. The standard InChI is InChI=1S/C15H12N2O/c1-11-6-5-9-17-14(11)13(10-16-17)15(18)12-7-3-2-4-8-12/h2-10H,1H3. The minimum Gasteiger partial charge on any atom is -0.288 e. The maximum absolute atomic E-state index is 12.4. The van der Waals surface area contributed by atoms with Crippen molar-refractivity contribution in [3.63, 3.8) is 0 Å². The fourth-order valence-electron chi connectivity index (χ4n) is 2.13. The molecule has 0 radical (unpaired) electrons. The van der Waals surface area contributed by atoms with Gasteiger partial charge >= 0.3 is 0 Å². The van der Waals surface area contributed by atoms with Gasteiger partial charge in [-0.15, -0.1) is 0 Å². The highest BCUT2D eigenvalue weighted by atomic mass is 16.1. The van der Waals surface area contributed by atoms with E-state index in [9.17, 15) is 4.79 Å². The Kier molecular flexibility index (Phi) is 2.45. The highest BCUT2D eigenvalue weighted by Crippen LogP contribution is 2.18. The summed E-state index contributed by atoms with van der Waals surface area (Å²) in [4.78, 5) is 12.4. The van der Waals surface area contributed by atoms with E-state index in [-0.39, 0.29) is 5.78 Å². The molecule has 0 bridgehead atoms. The van der Waals surface area contributed by atoms with Gasteiger partial charge in [0.1, 0.15) is 0 Å². The van der Waals surface area contributed by atoms with E-state index < -0.39 is 0 Å². The second-order valence-electron chi connectivity index (χ2n) is 4.24. The maximum atomic E-state index is 12.4. The number of fused-ring (bicyclic) bond motifs is 1. The summed E-state index contributed by atoms with van der Waals surface area (Å²) in [6, 6.07) is 13.2. The number of carbonyl (C=O) groups is 1. The first-order valence-corrected chi connectivity index (χ1v) is 5.80. The fourth-order valence-corrected chi connectivity index (χ4v) is 2.13. The molecule has 18 heavy (non-hydrogen) atoms. The zero-order chi connectivity index (χ0) is 12.5. The van der Waals surface area contributed by atoms with E-state index in [1.807, 2.05) is 55.6 Å². The Hall–Kier alpha value is -2.42. The maximum Gasteiger partial charge on any atom is 0.196 e. The third-order valence-corrected chi connectivity index (χ3v) is 3.02. The van der Waals surface area contributed by atoms with Crippen LogP contribution in [0, 0.1) is 6.92 Å². The summed E-state index contributed by atoms with van der Waals surface area (Å²) in [5.41, 5.74) is 3.27. The summed E-state index contributed by atoms with van der Waals surface area (Å²) < 4.78 is 1.74. The van der Waals surface area contributed by atoms with Gasteiger partial charge in [-0.05, 0) is 18.6 Å². The first-order valence-electron chi connectivity index (χ1n) is 5.80. The molecule has 3 nitrogen and oxygen atoms in total. The van der Waals surface area contributed by atoms with Crippen molar-refractivity contribution in [2.24, 2.45) is 0 Å². The summed E-state index contributed by atoms with van der Waals surface area (Å²) in [6.07, 6.45) is 3.49. The number of pyridine rings is 1. The first kappa shape index (κ1) is 10.7. The van der Waals surface area contributed by atoms with Crippen LogP contribution in [0.15, 0.2) is 54.9 Å². The Labute approximate surface area is 105 Å². The van der Waals surface area contributed by atoms with Gasteiger partial charge in [0.05, 0.1) is 17.3 Å². The van der Waals surface area contributed by atoms with E-state index in [1.54, 1.807) is 10.7 Å². The number of rotatable bonds is 2. The van der Waals surface area contributed by atoms with E-state index in [0.29, 0.717) is 11.1 Å². The summed E-state index contributed by atoms with van der Waals surface area (Å²) in [5, 5.41) is 4.22. The quantitative estimate of drug-likeness (QED) is 0.641. The summed E-state index contributed by atoms with van der Waals surface area (Å²) in [5.74, 6) is 0.0138. The topological polar surface area (TPSA) is 34.4 Å². The molecule has 3 aromatic rings. The lowest BCUT2D eigenvalue weighted by Crippen LogP contribution is -2.01. The number of ketones is 1. The van der Waals surface area contributed by atoms with Gasteiger partial charge in [0.2, 0.25) is 0 Å². The van der Waals surface area contributed by atoms with Crippen LogP contribution in [-0.4, -0.2) is 15.4 Å². The van der Waals surface area contributed by atoms with Gasteiger partial charge in [0.15, 0.2) is 5.78 Å². The predicted molar refractivity (Wildman–Crippen MR) is 69.8 cm³/mol. The smallest absolute Gasteiger partial charge is 0.196 e. The van der Waals surface area contributed by atoms with Crippen molar-refractivity contribution in [1.82, 2.24) is 9.61 Å². The zero-order valence-corrected chi connectivity index (χ0v) is 10.00. The molecule has 0 aliphatic heterocycles. The average Bonchev–Trinajstić information content (AvgIpc) is 2.84. The van der Waals surface area contributed by atoms with E-state index in [0.717, 1.165) is 11.1 Å². The minimum atomic E-state index is 0.0138. The minimum absolute atomic E-state index is 0.0138. The Bertz CT molecular complexity index is 714. The van der Waals surface area contributed by atoms with Gasteiger partial charge in [-0.25, -0.2) is 4.52 Å². The van der Waals surface area contributed by atoms with Crippen molar-refractivity contribution < 1.29 is 4.79 Å². The molecular weight excluding hydrogens is 224 g/mol. The predicted octanol–water partition coefficient (Wildman–Crippen LogP) is 2.87. The SMILES string of the molecule is Cc1cccn2ncc(C(=O)c3ccccc3)c12. The third kappa shape index (κ3) is 1.61. The molecule has 0 aliphatic rings. The lowest BCUT2D eigenvalue weighted by molar-refractivity contribution is 0.104. The highest BCUT2D eigenvalue weighted by Gasteiger charge is 2.15. The number of aromatic nitrogens is 2. The molecule has 0 saturated carbocycles. The number of carbonyl (C=O) groups excluding carboxylic acids is 1. The fraction of sp³-hybridized carbons (Fsp3) is 0.0667. The zero-order valence-electron chi connectivity index (χ0n) is 10.00. The van der Waals surface area contributed by atoms with Crippen LogP contribution in [0.4, 0.5) is 0 Å². The Balaban J connectivity index is 2.19. The van der Waals surface area contributed by atoms with Gasteiger partial charge in [0.25, 0.3) is 0 Å². The van der Waals surface area contributed by atoms with E-state index in [1.165, 1.54) is 0 Å². The van der Waals surface area contributed by atoms with Crippen molar-refractivity contribution in [1.29, 1.82) is 0 Å². The van der Waals surface area contributed by atoms with E-state index in [2.05, 4.69) is 5.10 Å². The van der Waals surface area contributed by atoms with Crippen LogP contribution in [0.5, 0.6) is 0 Å².